The van der Waals surface area contributed by atoms with E-state index in [4.69, 9.17) is 0 Å². The van der Waals surface area contributed by atoms with Crippen molar-refractivity contribution < 1.29 is 20.1 Å². The Kier molecular flexibility index (Phi) is 44.6. The number of unbranched alkanes of at least 4 members (excludes halogenated alkanes) is 30. The molecule has 4 N–H and O–H groups in total. The Balaban J connectivity index is 3.56. The largest absolute Gasteiger partial charge is 0.394 e. The summed E-state index contributed by atoms with van der Waals surface area (Å²) in [5, 5.41) is 33.1. The number of carbonyl (C=O) groups is 1. The van der Waals surface area contributed by atoms with Crippen LogP contribution in [-0.4, -0.2) is 46.1 Å². The van der Waals surface area contributed by atoms with Crippen molar-refractivity contribution in [3.05, 3.63) is 48.6 Å². The number of nitrogens with one attached hydrogen (secondary N) is 1. The van der Waals surface area contributed by atoms with Gasteiger partial charge in [-0.1, -0.05) is 229 Å². The molecule has 0 aliphatic carbocycles. The zero-order valence-corrected chi connectivity index (χ0v) is 37.3. The number of allylic oxidation sites excluding steroid dienone is 7. The second-order valence-electron chi connectivity index (χ2n) is 16.6. The molecule has 0 rings (SSSR count). The lowest BCUT2D eigenvalue weighted by Gasteiger charge is -2.21. The topological polar surface area (TPSA) is 89.8 Å². The fourth-order valence-corrected chi connectivity index (χ4v) is 7.26. The van der Waals surface area contributed by atoms with Crippen molar-refractivity contribution in [2.24, 2.45) is 0 Å². The molecule has 0 fully saturated rings. The molecule has 5 heteroatoms. The average Bonchev–Trinajstić information content (AvgIpc) is 3.20. The van der Waals surface area contributed by atoms with Gasteiger partial charge >= 0.3 is 0 Å². The summed E-state index contributed by atoms with van der Waals surface area (Å²) in [6.07, 6.45) is 60.3. The molecule has 0 heterocycles. The summed E-state index contributed by atoms with van der Waals surface area (Å²) in [6.45, 7) is 4.12. The summed E-state index contributed by atoms with van der Waals surface area (Å²) in [7, 11) is 0. The number of rotatable bonds is 44. The van der Waals surface area contributed by atoms with Crippen LogP contribution in [0, 0.1) is 0 Å². The van der Waals surface area contributed by atoms with Gasteiger partial charge in [0.25, 0.3) is 0 Å². The molecule has 5 nitrogen and oxygen atoms in total. The molecule has 0 aromatic heterocycles. The molecule has 56 heavy (non-hydrogen) atoms. The molecule has 0 aromatic rings. The molecule has 3 unspecified atom stereocenters. The number of hydrogen-bond donors (Lipinski definition) is 4. The first kappa shape index (κ1) is 54.3. The van der Waals surface area contributed by atoms with Crippen LogP contribution in [0.25, 0.3) is 0 Å². The summed E-state index contributed by atoms with van der Waals surface area (Å²) in [6, 6.07) is -0.820. The minimum absolute atomic E-state index is 0.382. The van der Waals surface area contributed by atoms with E-state index in [9.17, 15) is 20.1 Å². The van der Waals surface area contributed by atoms with Crippen molar-refractivity contribution in [3.8, 4) is 0 Å². The van der Waals surface area contributed by atoms with Gasteiger partial charge in [0.1, 0.15) is 6.10 Å². The van der Waals surface area contributed by atoms with E-state index >= 15 is 0 Å². The molecule has 0 radical (unpaired) electrons. The first-order valence-corrected chi connectivity index (χ1v) is 24.5. The lowest BCUT2D eigenvalue weighted by atomic mass is 10.0. The fraction of sp³-hybridized carbons (Fsp3) is 0.824. The molecule has 1 amide bonds. The van der Waals surface area contributed by atoms with Crippen LogP contribution in [0.3, 0.4) is 0 Å². The highest BCUT2D eigenvalue weighted by atomic mass is 16.3. The summed E-state index contributed by atoms with van der Waals surface area (Å²) >= 11 is 0. The molecule has 0 saturated carbocycles. The van der Waals surface area contributed by atoms with Crippen LogP contribution in [0.5, 0.6) is 0 Å². The van der Waals surface area contributed by atoms with Gasteiger partial charge < -0.3 is 20.6 Å². The van der Waals surface area contributed by atoms with Crippen LogP contribution < -0.4 is 5.32 Å². The van der Waals surface area contributed by atoms with E-state index in [0.29, 0.717) is 6.42 Å². The second-order valence-corrected chi connectivity index (χ2v) is 16.6. The highest BCUT2D eigenvalue weighted by molar-refractivity contribution is 5.80. The molecule has 0 aromatic carbocycles. The summed E-state index contributed by atoms with van der Waals surface area (Å²) < 4.78 is 0. The maximum absolute atomic E-state index is 12.5. The maximum Gasteiger partial charge on any atom is 0.249 e. The lowest BCUT2D eigenvalue weighted by Crippen LogP contribution is -2.48. The van der Waals surface area contributed by atoms with Gasteiger partial charge in [-0.15, -0.1) is 0 Å². The minimum Gasteiger partial charge on any atom is -0.394 e. The van der Waals surface area contributed by atoms with Gasteiger partial charge in [-0.25, -0.2) is 0 Å². The van der Waals surface area contributed by atoms with Crippen LogP contribution in [0.15, 0.2) is 48.6 Å². The lowest BCUT2D eigenvalue weighted by molar-refractivity contribution is -0.131. The Morgan fingerprint density at radius 1 is 0.429 bits per heavy atom. The molecule has 0 saturated heterocycles. The van der Waals surface area contributed by atoms with E-state index in [1.54, 1.807) is 6.08 Å². The first-order chi connectivity index (χ1) is 27.6. The van der Waals surface area contributed by atoms with Crippen molar-refractivity contribution in [3.63, 3.8) is 0 Å². The van der Waals surface area contributed by atoms with Crippen LogP contribution in [0.4, 0.5) is 0 Å². The Morgan fingerprint density at radius 2 is 0.750 bits per heavy atom. The highest BCUT2D eigenvalue weighted by Crippen LogP contribution is 2.16. The Hall–Kier alpha value is -1.69. The van der Waals surface area contributed by atoms with Gasteiger partial charge in [0, 0.05) is 0 Å². The first-order valence-electron chi connectivity index (χ1n) is 24.5. The van der Waals surface area contributed by atoms with Crippen molar-refractivity contribution in [2.45, 2.75) is 263 Å². The third-order valence-corrected chi connectivity index (χ3v) is 11.1. The van der Waals surface area contributed by atoms with Crippen molar-refractivity contribution >= 4 is 5.91 Å². The third kappa shape index (κ3) is 40.5. The second kappa shape index (κ2) is 46.0. The van der Waals surface area contributed by atoms with Gasteiger partial charge in [0.2, 0.25) is 5.91 Å². The zero-order valence-electron chi connectivity index (χ0n) is 37.3. The Morgan fingerprint density at radius 3 is 1.14 bits per heavy atom. The number of aliphatic hydroxyl groups excluding tert-OH is 3. The predicted octanol–water partition coefficient (Wildman–Crippen LogP) is 14.5. The van der Waals surface area contributed by atoms with Gasteiger partial charge in [-0.3, -0.25) is 4.79 Å². The predicted molar refractivity (Wildman–Crippen MR) is 245 cm³/mol. The molecule has 0 spiro atoms. The fourth-order valence-electron chi connectivity index (χ4n) is 7.26. The number of aliphatic hydroxyl groups is 3. The Labute approximate surface area is 348 Å². The van der Waals surface area contributed by atoms with Gasteiger partial charge in [0.05, 0.1) is 18.8 Å². The van der Waals surface area contributed by atoms with E-state index in [0.717, 1.165) is 44.9 Å². The van der Waals surface area contributed by atoms with E-state index in [-0.39, 0.29) is 6.61 Å². The van der Waals surface area contributed by atoms with Crippen LogP contribution in [-0.2, 0) is 4.79 Å². The quantitative estimate of drug-likeness (QED) is 0.0366. The van der Waals surface area contributed by atoms with Crippen LogP contribution in [0.2, 0.25) is 0 Å². The van der Waals surface area contributed by atoms with E-state index in [1.807, 2.05) is 6.08 Å². The average molecular weight is 786 g/mol. The molecule has 328 valence electrons. The molecule has 0 aliphatic heterocycles. The van der Waals surface area contributed by atoms with Crippen molar-refractivity contribution in [2.75, 3.05) is 6.61 Å². The number of hydrogen-bond acceptors (Lipinski definition) is 4. The standard InChI is InChI=1S/C51H95NO4/c1-3-5-7-9-11-13-15-17-18-19-20-21-22-23-24-25-26-27-28-29-30-31-32-33-34-36-38-40-42-44-46-50(55)51(56)52-48(47-53)49(54)45-43-41-39-37-35-16-14-12-10-8-6-4-2/h10,12,23-24,35,37,43,45,48-50,53-55H,3-9,11,13-22,25-34,36,38-42,44,46-47H2,1-2H3,(H,52,56)/b12-10+,24-23-,37-35+,45-43+. The maximum atomic E-state index is 12.5. The number of carbonyl (C=O) groups excluding carboxylic acids is 1. The Bertz CT molecular complexity index is 912. The third-order valence-electron chi connectivity index (χ3n) is 11.1. The van der Waals surface area contributed by atoms with Crippen LogP contribution >= 0.6 is 0 Å². The van der Waals surface area contributed by atoms with E-state index in [2.05, 4.69) is 55.6 Å². The number of amides is 1. The summed E-state index contributed by atoms with van der Waals surface area (Å²) in [5.74, 6) is -0.518. The normalized spacial score (nSPS) is 13.9. The highest BCUT2D eigenvalue weighted by Gasteiger charge is 2.22. The summed E-state index contributed by atoms with van der Waals surface area (Å²) in [4.78, 5) is 12.5. The molecular formula is C51H95NO4. The van der Waals surface area contributed by atoms with Crippen molar-refractivity contribution in [1.29, 1.82) is 0 Å². The van der Waals surface area contributed by atoms with Gasteiger partial charge in [-0.05, 0) is 64.2 Å². The van der Waals surface area contributed by atoms with Gasteiger partial charge in [-0.2, -0.15) is 0 Å². The molecular weight excluding hydrogens is 691 g/mol. The van der Waals surface area contributed by atoms with Crippen LogP contribution in [0.1, 0.15) is 245 Å². The van der Waals surface area contributed by atoms with Gasteiger partial charge in [0.15, 0.2) is 0 Å². The van der Waals surface area contributed by atoms with E-state index in [1.165, 1.54) is 180 Å². The SMILES string of the molecule is CCCC/C=C/CC/C=C/CC/C=C/C(O)C(CO)NC(=O)C(O)CCCCCCCCCCCCCCCC/C=C\CCCCCCCCCCCCCC. The molecule has 3 atom stereocenters. The summed E-state index contributed by atoms with van der Waals surface area (Å²) in [5.41, 5.74) is 0. The van der Waals surface area contributed by atoms with Crippen molar-refractivity contribution in [1.82, 2.24) is 5.32 Å². The smallest absolute Gasteiger partial charge is 0.249 e. The van der Waals surface area contributed by atoms with E-state index < -0.39 is 24.2 Å². The molecule has 0 aliphatic rings. The molecule has 0 bridgehead atoms. The monoisotopic (exact) mass is 786 g/mol. The minimum atomic E-state index is -1.11. The zero-order chi connectivity index (χ0) is 40.8.